The fourth-order valence-electron chi connectivity index (χ4n) is 3.59. The highest BCUT2D eigenvalue weighted by Gasteiger charge is 2.31. The molecule has 2 aromatic rings. The number of amides is 3. The first kappa shape index (κ1) is 19.7. The first-order chi connectivity index (χ1) is 13.4. The summed E-state index contributed by atoms with van der Waals surface area (Å²) in [5.41, 5.74) is 4.84. The maximum atomic E-state index is 12.7. The van der Waals surface area contributed by atoms with Crippen LogP contribution in [0.2, 0.25) is 0 Å². The van der Waals surface area contributed by atoms with E-state index >= 15 is 0 Å². The molecule has 0 spiro atoms. The average Bonchev–Trinajstić information content (AvgIpc) is 2.99. The molecule has 2 aromatic carbocycles. The van der Waals surface area contributed by atoms with Gasteiger partial charge in [-0.1, -0.05) is 17.7 Å². The molecule has 0 saturated carbocycles. The molecule has 1 aliphatic rings. The lowest BCUT2D eigenvalue weighted by molar-refractivity contribution is -0.116. The van der Waals surface area contributed by atoms with Gasteiger partial charge in [0.2, 0.25) is 5.91 Å². The number of carbonyl (C=O) groups excluding carboxylic acids is 2. The molecule has 1 fully saturated rings. The molecule has 6 heteroatoms. The lowest BCUT2D eigenvalue weighted by Gasteiger charge is -2.19. The third-order valence-corrected chi connectivity index (χ3v) is 4.83. The van der Waals surface area contributed by atoms with E-state index in [-0.39, 0.29) is 18.5 Å². The van der Waals surface area contributed by atoms with E-state index in [1.54, 1.807) is 9.80 Å². The number of aryl methyl sites for hydroxylation is 3. The fourth-order valence-corrected chi connectivity index (χ4v) is 3.59. The Bertz CT molecular complexity index is 854. The summed E-state index contributed by atoms with van der Waals surface area (Å²) in [5, 5.41) is 2.96. The number of nitrogens with zero attached hydrogens (tertiary/aromatic N) is 2. The highest BCUT2D eigenvalue weighted by atomic mass is 16.5. The molecule has 0 aliphatic carbocycles. The molecule has 0 bridgehead atoms. The summed E-state index contributed by atoms with van der Waals surface area (Å²) < 4.78 is 5.44. The number of benzene rings is 2. The SMILES string of the molecule is CCOc1ccc(N2CCN(CC(=O)Nc3c(C)cc(C)cc3C)C2=O)cc1. The minimum atomic E-state index is -0.183. The van der Waals surface area contributed by atoms with Gasteiger partial charge in [-0.15, -0.1) is 0 Å². The third-order valence-electron chi connectivity index (χ3n) is 4.83. The summed E-state index contributed by atoms with van der Waals surface area (Å²) in [6, 6.07) is 11.4. The fraction of sp³-hybridized carbons (Fsp3) is 0.364. The Balaban J connectivity index is 1.63. The predicted molar refractivity (Wildman–Crippen MR) is 111 cm³/mol. The number of carbonyl (C=O) groups is 2. The minimum Gasteiger partial charge on any atom is -0.494 e. The van der Waals surface area contributed by atoms with Gasteiger partial charge in [0.1, 0.15) is 12.3 Å². The van der Waals surface area contributed by atoms with E-state index < -0.39 is 0 Å². The molecule has 0 radical (unpaired) electrons. The van der Waals surface area contributed by atoms with Gasteiger partial charge in [0.25, 0.3) is 0 Å². The Morgan fingerprint density at radius 1 is 1.07 bits per heavy atom. The topological polar surface area (TPSA) is 61.9 Å². The summed E-state index contributed by atoms with van der Waals surface area (Å²) >= 11 is 0. The van der Waals surface area contributed by atoms with E-state index in [2.05, 4.69) is 5.32 Å². The number of hydrogen-bond acceptors (Lipinski definition) is 3. The smallest absolute Gasteiger partial charge is 0.325 e. The van der Waals surface area contributed by atoms with Crippen LogP contribution >= 0.6 is 0 Å². The van der Waals surface area contributed by atoms with Crippen LogP contribution < -0.4 is 15.0 Å². The van der Waals surface area contributed by atoms with Gasteiger partial charge in [0.15, 0.2) is 0 Å². The molecule has 3 amide bonds. The van der Waals surface area contributed by atoms with Gasteiger partial charge >= 0.3 is 6.03 Å². The van der Waals surface area contributed by atoms with Crippen LogP contribution in [0.5, 0.6) is 5.75 Å². The molecule has 0 unspecified atom stereocenters. The molecule has 1 saturated heterocycles. The lowest BCUT2D eigenvalue weighted by Crippen LogP contribution is -2.37. The van der Waals surface area contributed by atoms with Gasteiger partial charge in [-0.05, 0) is 63.1 Å². The maximum Gasteiger partial charge on any atom is 0.325 e. The Kier molecular flexibility index (Phi) is 5.87. The zero-order valence-electron chi connectivity index (χ0n) is 16.9. The van der Waals surface area contributed by atoms with Crippen molar-refractivity contribution < 1.29 is 14.3 Å². The van der Waals surface area contributed by atoms with Crippen molar-refractivity contribution in [1.82, 2.24) is 4.90 Å². The second kappa shape index (κ2) is 8.33. The van der Waals surface area contributed by atoms with Crippen molar-refractivity contribution in [1.29, 1.82) is 0 Å². The molecular formula is C22H27N3O3. The Hall–Kier alpha value is -3.02. The molecule has 1 aliphatic heterocycles. The molecule has 0 aromatic heterocycles. The van der Waals surface area contributed by atoms with E-state index in [4.69, 9.17) is 4.74 Å². The summed E-state index contributed by atoms with van der Waals surface area (Å²) in [5.74, 6) is 0.593. The molecule has 6 nitrogen and oxygen atoms in total. The van der Waals surface area contributed by atoms with Crippen LogP contribution in [-0.2, 0) is 4.79 Å². The van der Waals surface area contributed by atoms with E-state index in [1.807, 2.05) is 64.1 Å². The van der Waals surface area contributed by atoms with Crippen LogP contribution in [0.4, 0.5) is 16.2 Å². The zero-order valence-corrected chi connectivity index (χ0v) is 16.9. The van der Waals surface area contributed by atoms with Gasteiger partial charge in [0, 0.05) is 24.5 Å². The molecule has 3 rings (SSSR count). The molecular weight excluding hydrogens is 354 g/mol. The van der Waals surface area contributed by atoms with Crippen molar-refractivity contribution in [2.75, 3.05) is 36.5 Å². The van der Waals surface area contributed by atoms with Gasteiger partial charge in [0.05, 0.1) is 6.61 Å². The number of anilines is 2. The van der Waals surface area contributed by atoms with Gasteiger partial charge in [-0.3, -0.25) is 9.69 Å². The second-order valence-electron chi connectivity index (χ2n) is 7.10. The van der Waals surface area contributed by atoms with Crippen molar-refractivity contribution >= 4 is 23.3 Å². The van der Waals surface area contributed by atoms with E-state index in [1.165, 1.54) is 0 Å². The minimum absolute atomic E-state index is 0.0408. The van der Waals surface area contributed by atoms with Gasteiger partial charge in [-0.2, -0.15) is 0 Å². The largest absolute Gasteiger partial charge is 0.494 e. The van der Waals surface area contributed by atoms with Crippen molar-refractivity contribution in [2.24, 2.45) is 0 Å². The molecule has 1 N–H and O–H groups in total. The number of urea groups is 1. The summed E-state index contributed by atoms with van der Waals surface area (Å²) in [7, 11) is 0. The monoisotopic (exact) mass is 381 g/mol. The first-order valence-electron chi connectivity index (χ1n) is 9.56. The Morgan fingerprint density at radius 3 is 2.32 bits per heavy atom. The van der Waals surface area contributed by atoms with Crippen molar-refractivity contribution in [3.63, 3.8) is 0 Å². The molecule has 0 atom stereocenters. The maximum absolute atomic E-state index is 12.7. The summed E-state index contributed by atoms with van der Waals surface area (Å²) in [6.45, 7) is 9.64. The van der Waals surface area contributed by atoms with Crippen LogP contribution in [0.3, 0.4) is 0 Å². The predicted octanol–water partition coefficient (Wildman–Crippen LogP) is 3.89. The number of hydrogen-bond donors (Lipinski definition) is 1. The van der Waals surface area contributed by atoms with Gasteiger partial charge < -0.3 is 15.0 Å². The summed E-state index contributed by atoms with van der Waals surface area (Å²) in [6.07, 6.45) is 0. The number of ether oxygens (including phenoxy) is 1. The van der Waals surface area contributed by atoms with Crippen LogP contribution in [0.25, 0.3) is 0 Å². The van der Waals surface area contributed by atoms with Gasteiger partial charge in [-0.25, -0.2) is 4.79 Å². The van der Waals surface area contributed by atoms with Crippen LogP contribution in [0.15, 0.2) is 36.4 Å². The van der Waals surface area contributed by atoms with E-state index in [0.29, 0.717) is 19.7 Å². The van der Waals surface area contributed by atoms with Crippen LogP contribution in [0.1, 0.15) is 23.6 Å². The lowest BCUT2D eigenvalue weighted by atomic mass is 10.1. The highest BCUT2D eigenvalue weighted by Crippen LogP contribution is 2.24. The molecule has 148 valence electrons. The quantitative estimate of drug-likeness (QED) is 0.826. The third kappa shape index (κ3) is 4.27. The van der Waals surface area contributed by atoms with E-state index in [9.17, 15) is 9.59 Å². The zero-order chi connectivity index (χ0) is 20.3. The highest BCUT2D eigenvalue weighted by molar-refractivity contribution is 6.00. The second-order valence-corrected chi connectivity index (χ2v) is 7.10. The summed E-state index contributed by atoms with van der Waals surface area (Å²) in [4.78, 5) is 28.5. The number of nitrogens with one attached hydrogen (secondary N) is 1. The Morgan fingerprint density at radius 2 is 1.71 bits per heavy atom. The van der Waals surface area contributed by atoms with E-state index in [0.717, 1.165) is 33.8 Å². The standard InChI is InChI=1S/C22H27N3O3/c1-5-28-19-8-6-18(7-9-19)25-11-10-24(22(25)27)14-20(26)23-21-16(3)12-15(2)13-17(21)4/h6-9,12-13H,5,10-11,14H2,1-4H3,(H,23,26). The first-order valence-corrected chi connectivity index (χ1v) is 9.56. The normalized spacial score (nSPS) is 13.8. The Labute approximate surface area is 166 Å². The van der Waals surface area contributed by atoms with Crippen molar-refractivity contribution in [3.05, 3.63) is 53.1 Å². The average molecular weight is 381 g/mol. The van der Waals surface area contributed by atoms with Crippen molar-refractivity contribution in [2.45, 2.75) is 27.7 Å². The molecule has 28 heavy (non-hydrogen) atoms. The molecule has 1 heterocycles. The van der Waals surface area contributed by atoms with Crippen LogP contribution in [-0.4, -0.2) is 43.1 Å². The van der Waals surface area contributed by atoms with Crippen molar-refractivity contribution in [3.8, 4) is 5.75 Å². The van der Waals surface area contributed by atoms with Crippen LogP contribution in [0, 0.1) is 20.8 Å². The number of rotatable bonds is 6.